The van der Waals surface area contributed by atoms with Crippen LogP contribution in [-0.2, 0) is 9.53 Å². The van der Waals surface area contributed by atoms with E-state index in [9.17, 15) is 4.79 Å². The van der Waals surface area contributed by atoms with E-state index in [4.69, 9.17) is 4.74 Å². The summed E-state index contributed by atoms with van der Waals surface area (Å²) in [5.41, 5.74) is 0. The Morgan fingerprint density at radius 1 is 1.38 bits per heavy atom. The van der Waals surface area contributed by atoms with Crippen molar-refractivity contribution in [1.82, 2.24) is 10.2 Å². The zero-order valence-electron chi connectivity index (χ0n) is 8.80. The van der Waals surface area contributed by atoms with Crippen molar-refractivity contribution < 1.29 is 9.53 Å². The maximum atomic E-state index is 11.0. The first-order valence-electron chi connectivity index (χ1n) is 4.67. The summed E-state index contributed by atoms with van der Waals surface area (Å²) in [6.07, 6.45) is 1.12. The summed E-state index contributed by atoms with van der Waals surface area (Å²) >= 11 is 0. The molecule has 0 bridgehead atoms. The van der Waals surface area contributed by atoms with E-state index in [1.807, 2.05) is 0 Å². The van der Waals surface area contributed by atoms with E-state index >= 15 is 0 Å². The number of nitrogens with one attached hydrogen (secondary N) is 1. The molecule has 13 heavy (non-hydrogen) atoms. The van der Waals surface area contributed by atoms with Crippen LogP contribution in [-0.4, -0.2) is 51.2 Å². The molecule has 0 fully saturated rings. The predicted octanol–water partition coefficient (Wildman–Crippen LogP) is 0.0908. The van der Waals surface area contributed by atoms with Crippen LogP contribution >= 0.6 is 0 Å². The van der Waals surface area contributed by atoms with Crippen LogP contribution in [0.5, 0.6) is 0 Å². The van der Waals surface area contributed by atoms with E-state index in [1.54, 1.807) is 14.1 Å². The summed E-state index contributed by atoms with van der Waals surface area (Å²) in [7, 11) is 3.45. The third-order valence-corrected chi connectivity index (χ3v) is 1.57. The fourth-order valence-electron chi connectivity index (χ4n) is 0.735. The van der Waals surface area contributed by atoms with Gasteiger partial charge in [0.05, 0.1) is 6.61 Å². The van der Waals surface area contributed by atoms with E-state index < -0.39 is 0 Å². The van der Waals surface area contributed by atoms with Crippen molar-refractivity contribution in [2.45, 2.75) is 13.3 Å². The standard InChI is InChI=1S/C9H20N2O2/c1-4-5-10-6-7-13-8-9(12)11(2)3/h10H,4-8H2,1-3H3. The van der Waals surface area contributed by atoms with Crippen molar-refractivity contribution in [2.75, 3.05) is 40.4 Å². The minimum absolute atomic E-state index is 0.00971. The van der Waals surface area contributed by atoms with E-state index in [0.29, 0.717) is 6.61 Å². The highest BCUT2D eigenvalue weighted by Gasteiger charge is 2.02. The van der Waals surface area contributed by atoms with Crippen LogP contribution in [0.15, 0.2) is 0 Å². The molecule has 0 saturated carbocycles. The van der Waals surface area contributed by atoms with Gasteiger partial charge in [-0.25, -0.2) is 0 Å². The molecule has 0 aromatic rings. The van der Waals surface area contributed by atoms with Gasteiger partial charge in [0.25, 0.3) is 0 Å². The Morgan fingerprint density at radius 3 is 2.62 bits per heavy atom. The normalized spacial score (nSPS) is 10.1. The Morgan fingerprint density at radius 2 is 2.08 bits per heavy atom. The number of ether oxygens (including phenoxy) is 1. The van der Waals surface area contributed by atoms with Crippen LogP contribution in [0.25, 0.3) is 0 Å². The first-order chi connectivity index (χ1) is 6.18. The molecular weight excluding hydrogens is 168 g/mol. The molecule has 1 amide bonds. The Kier molecular flexibility index (Phi) is 7.63. The second kappa shape index (κ2) is 8.01. The molecule has 0 atom stereocenters. The van der Waals surface area contributed by atoms with Crippen molar-refractivity contribution in [2.24, 2.45) is 0 Å². The minimum atomic E-state index is 0.00971. The summed E-state index contributed by atoms with van der Waals surface area (Å²) in [6.45, 7) is 4.71. The molecule has 78 valence electrons. The molecule has 0 saturated heterocycles. The maximum absolute atomic E-state index is 11.0. The van der Waals surface area contributed by atoms with E-state index in [1.165, 1.54) is 4.90 Å². The monoisotopic (exact) mass is 188 g/mol. The third-order valence-electron chi connectivity index (χ3n) is 1.57. The van der Waals surface area contributed by atoms with Crippen LogP contribution in [0.2, 0.25) is 0 Å². The molecule has 4 heteroatoms. The highest BCUT2D eigenvalue weighted by molar-refractivity contribution is 5.76. The lowest BCUT2D eigenvalue weighted by molar-refractivity contribution is -0.133. The second-order valence-corrected chi connectivity index (χ2v) is 3.09. The maximum Gasteiger partial charge on any atom is 0.248 e. The fraction of sp³-hybridized carbons (Fsp3) is 0.889. The second-order valence-electron chi connectivity index (χ2n) is 3.09. The van der Waals surface area contributed by atoms with Crippen LogP contribution in [0.3, 0.4) is 0 Å². The van der Waals surface area contributed by atoms with Crippen molar-refractivity contribution in [3.63, 3.8) is 0 Å². The molecule has 0 aliphatic heterocycles. The van der Waals surface area contributed by atoms with Crippen molar-refractivity contribution in [3.8, 4) is 0 Å². The molecule has 0 heterocycles. The number of likely N-dealkylation sites (N-methyl/N-ethyl adjacent to an activating group) is 1. The van der Waals surface area contributed by atoms with E-state index in [-0.39, 0.29) is 12.5 Å². The molecule has 1 N–H and O–H groups in total. The molecule has 0 radical (unpaired) electrons. The summed E-state index contributed by atoms with van der Waals surface area (Å²) in [6, 6.07) is 0. The molecule has 0 spiro atoms. The molecule has 0 aromatic heterocycles. The van der Waals surface area contributed by atoms with Gasteiger partial charge in [-0.2, -0.15) is 0 Å². The largest absolute Gasteiger partial charge is 0.370 e. The number of rotatable bonds is 7. The SMILES string of the molecule is CCCNCCOCC(=O)N(C)C. The average molecular weight is 188 g/mol. The lowest BCUT2D eigenvalue weighted by atomic mass is 10.5. The van der Waals surface area contributed by atoms with Gasteiger partial charge in [0.2, 0.25) is 5.91 Å². The van der Waals surface area contributed by atoms with Gasteiger partial charge in [0, 0.05) is 20.6 Å². The van der Waals surface area contributed by atoms with Crippen LogP contribution in [0.1, 0.15) is 13.3 Å². The van der Waals surface area contributed by atoms with E-state index in [2.05, 4.69) is 12.2 Å². The van der Waals surface area contributed by atoms with Gasteiger partial charge in [0.15, 0.2) is 0 Å². The van der Waals surface area contributed by atoms with Crippen molar-refractivity contribution >= 4 is 5.91 Å². The highest BCUT2D eigenvalue weighted by atomic mass is 16.5. The molecule has 4 nitrogen and oxygen atoms in total. The summed E-state index contributed by atoms with van der Waals surface area (Å²) in [5, 5.41) is 3.19. The smallest absolute Gasteiger partial charge is 0.248 e. The number of nitrogens with zero attached hydrogens (tertiary/aromatic N) is 1. The third kappa shape index (κ3) is 7.74. The molecule has 0 rings (SSSR count). The van der Waals surface area contributed by atoms with E-state index in [0.717, 1.165) is 19.5 Å². The van der Waals surface area contributed by atoms with Crippen molar-refractivity contribution in [3.05, 3.63) is 0 Å². The quantitative estimate of drug-likeness (QED) is 0.576. The predicted molar refractivity (Wildman–Crippen MR) is 52.7 cm³/mol. The lowest BCUT2D eigenvalue weighted by Crippen LogP contribution is -2.28. The first-order valence-corrected chi connectivity index (χ1v) is 4.67. The summed E-state index contributed by atoms with van der Waals surface area (Å²) in [5.74, 6) is 0.00971. The van der Waals surface area contributed by atoms with Crippen LogP contribution in [0.4, 0.5) is 0 Å². The Hall–Kier alpha value is -0.610. The van der Waals surface area contributed by atoms with Gasteiger partial charge in [-0.05, 0) is 13.0 Å². The van der Waals surface area contributed by atoms with Gasteiger partial charge in [-0.3, -0.25) is 4.79 Å². The number of hydrogen-bond donors (Lipinski definition) is 1. The summed E-state index contributed by atoms with van der Waals surface area (Å²) in [4.78, 5) is 12.5. The number of amides is 1. The molecule has 0 aliphatic carbocycles. The van der Waals surface area contributed by atoms with Gasteiger partial charge in [-0.15, -0.1) is 0 Å². The van der Waals surface area contributed by atoms with Crippen LogP contribution < -0.4 is 5.32 Å². The highest BCUT2D eigenvalue weighted by Crippen LogP contribution is 1.81. The average Bonchev–Trinajstić information content (AvgIpc) is 2.10. The molecule has 0 unspecified atom stereocenters. The van der Waals surface area contributed by atoms with Gasteiger partial charge in [0.1, 0.15) is 6.61 Å². The first kappa shape index (κ1) is 12.4. The fourth-order valence-corrected chi connectivity index (χ4v) is 0.735. The van der Waals surface area contributed by atoms with Gasteiger partial charge in [-0.1, -0.05) is 6.92 Å². The lowest BCUT2D eigenvalue weighted by Gasteiger charge is -2.10. The molecule has 0 aliphatic rings. The van der Waals surface area contributed by atoms with Gasteiger partial charge < -0.3 is 15.0 Å². The zero-order valence-corrected chi connectivity index (χ0v) is 8.80. The zero-order chi connectivity index (χ0) is 10.1. The topological polar surface area (TPSA) is 41.6 Å². The number of carbonyl (C=O) groups is 1. The molecular formula is C9H20N2O2. The Balaban J connectivity index is 3.12. The minimum Gasteiger partial charge on any atom is -0.370 e. The van der Waals surface area contributed by atoms with Gasteiger partial charge >= 0.3 is 0 Å². The number of hydrogen-bond acceptors (Lipinski definition) is 3. The van der Waals surface area contributed by atoms with Crippen LogP contribution in [0, 0.1) is 0 Å². The van der Waals surface area contributed by atoms with Crippen molar-refractivity contribution in [1.29, 1.82) is 0 Å². The Bertz CT molecular complexity index is 138. The summed E-state index contributed by atoms with van der Waals surface area (Å²) < 4.78 is 5.15. The Labute approximate surface area is 80.2 Å². The molecule has 0 aromatic carbocycles. The number of carbonyl (C=O) groups excluding carboxylic acids is 1.